The number of piperidine rings is 1. The van der Waals surface area contributed by atoms with Crippen LogP contribution in [0.1, 0.15) is 36.2 Å². The summed E-state index contributed by atoms with van der Waals surface area (Å²) in [6, 6.07) is 13.8. The molecule has 0 atom stereocenters. The molecule has 0 aliphatic carbocycles. The molecular weight excluding hydrogens is 468 g/mol. The number of fused-ring (bicyclic) bond motifs is 1. The van der Waals surface area contributed by atoms with Crippen LogP contribution in [0, 0.1) is 0 Å². The summed E-state index contributed by atoms with van der Waals surface area (Å²) in [5, 5.41) is 7.90. The molecule has 0 bridgehead atoms. The Hall–Kier alpha value is -3.92. The predicted octanol–water partition coefficient (Wildman–Crippen LogP) is 2.37. The largest absolute Gasteiger partial charge is 0.368 e. The number of aromatic nitrogens is 5. The van der Waals surface area contributed by atoms with E-state index in [0.29, 0.717) is 5.82 Å². The predicted molar refractivity (Wildman–Crippen MR) is 144 cm³/mol. The summed E-state index contributed by atoms with van der Waals surface area (Å²) in [6.45, 7) is 6.74. The number of rotatable bonds is 5. The number of carbonyl (C=O) groups excluding carboxylic acids is 1. The molecular formula is C27H32N8O2. The summed E-state index contributed by atoms with van der Waals surface area (Å²) < 4.78 is 5.29. The van der Waals surface area contributed by atoms with Gasteiger partial charge in [0.1, 0.15) is 5.82 Å². The van der Waals surface area contributed by atoms with Crippen LogP contribution < -0.4 is 20.8 Å². The fraction of sp³-hybridized carbons (Fsp3) is 0.407. The molecule has 0 spiro atoms. The zero-order chi connectivity index (χ0) is 25.5. The van der Waals surface area contributed by atoms with Crippen LogP contribution >= 0.6 is 0 Å². The summed E-state index contributed by atoms with van der Waals surface area (Å²) in [5.74, 6) is 1.58. The number of benzene rings is 1. The first-order valence-electron chi connectivity index (χ1n) is 13.0. The molecule has 0 radical (unpaired) electrons. The van der Waals surface area contributed by atoms with Crippen molar-refractivity contribution in [2.75, 3.05) is 49.1 Å². The molecule has 1 N–H and O–H groups in total. The second kappa shape index (κ2) is 9.51. The monoisotopic (exact) mass is 500 g/mol. The molecule has 192 valence electrons. The van der Waals surface area contributed by atoms with Gasteiger partial charge in [-0.25, -0.2) is 14.3 Å². The third-order valence-electron chi connectivity index (χ3n) is 7.55. The fourth-order valence-electron chi connectivity index (χ4n) is 5.50. The summed E-state index contributed by atoms with van der Waals surface area (Å²) in [5.41, 5.74) is 3.29. The Morgan fingerprint density at radius 3 is 2.27 bits per heavy atom. The number of ketones is 1. The average molecular weight is 501 g/mol. The van der Waals surface area contributed by atoms with Gasteiger partial charge in [0.25, 0.3) is 0 Å². The average Bonchev–Trinajstić information content (AvgIpc) is 3.48. The van der Waals surface area contributed by atoms with E-state index in [-0.39, 0.29) is 17.5 Å². The molecule has 2 aliphatic heterocycles. The van der Waals surface area contributed by atoms with E-state index in [4.69, 9.17) is 4.98 Å². The summed E-state index contributed by atoms with van der Waals surface area (Å²) in [4.78, 5) is 35.0. The second-order valence-corrected chi connectivity index (χ2v) is 9.91. The minimum atomic E-state index is -0.0796. The van der Waals surface area contributed by atoms with Gasteiger partial charge in [-0.15, -0.1) is 0 Å². The normalized spacial score (nSPS) is 17.0. The van der Waals surface area contributed by atoms with Crippen molar-refractivity contribution in [3.63, 3.8) is 0 Å². The Bertz CT molecular complexity index is 1490. The van der Waals surface area contributed by atoms with Crippen molar-refractivity contribution in [1.82, 2.24) is 29.2 Å². The highest BCUT2D eigenvalue weighted by Gasteiger charge is 2.26. The zero-order valence-electron chi connectivity index (χ0n) is 21.3. The van der Waals surface area contributed by atoms with Gasteiger partial charge in [0.05, 0.1) is 5.52 Å². The standard InChI is InChI=1S/C27H32N8O2/c1-19(36)20-3-5-21(6-4-20)32-15-17-33(18-16-32)24-8-7-23-26(29-24)34(22-9-12-28-13-10-22)27(37)35(23)25-11-14-31(2)30-25/h3-8,11,14,22,28H,9-10,12-13,15-18H2,1-2H3. The summed E-state index contributed by atoms with van der Waals surface area (Å²) in [7, 11) is 1.86. The van der Waals surface area contributed by atoms with E-state index in [9.17, 15) is 9.59 Å². The summed E-state index contributed by atoms with van der Waals surface area (Å²) >= 11 is 0. The maximum atomic E-state index is 13.7. The van der Waals surface area contributed by atoms with Crippen LogP contribution in [0.15, 0.2) is 53.5 Å². The zero-order valence-corrected chi connectivity index (χ0v) is 21.3. The van der Waals surface area contributed by atoms with Gasteiger partial charge in [-0.1, -0.05) is 0 Å². The number of hydrogen-bond acceptors (Lipinski definition) is 7. The van der Waals surface area contributed by atoms with Crippen LogP contribution in [0.5, 0.6) is 0 Å². The van der Waals surface area contributed by atoms with Crippen LogP contribution in [-0.4, -0.2) is 69.0 Å². The van der Waals surface area contributed by atoms with Gasteiger partial charge in [-0.3, -0.25) is 14.0 Å². The molecule has 2 aliphatic rings. The van der Waals surface area contributed by atoms with Gasteiger partial charge < -0.3 is 15.1 Å². The van der Waals surface area contributed by atoms with Crippen molar-refractivity contribution >= 4 is 28.5 Å². The van der Waals surface area contributed by atoms with Crippen molar-refractivity contribution in [3.8, 4) is 5.82 Å². The molecule has 5 heterocycles. The number of pyridine rings is 1. The van der Waals surface area contributed by atoms with E-state index in [0.717, 1.165) is 80.3 Å². The molecule has 0 amide bonds. The number of hydrogen-bond donors (Lipinski definition) is 1. The van der Waals surface area contributed by atoms with Gasteiger partial charge in [-0.05, 0) is 69.3 Å². The quantitative estimate of drug-likeness (QED) is 0.421. The van der Waals surface area contributed by atoms with Gasteiger partial charge in [0.15, 0.2) is 17.2 Å². The molecule has 10 heteroatoms. The van der Waals surface area contributed by atoms with Gasteiger partial charge >= 0.3 is 5.69 Å². The van der Waals surface area contributed by atoms with Crippen molar-refractivity contribution < 1.29 is 4.79 Å². The van der Waals surface area contributed by atoms with Gasteiger partial charge in [0, 0.05) is 62.8 Å². The Morgan fingerprint density at radius 1 is 0.919 bits per heavy atom. The Labute approximate surface area is 215 Å². The molecule has 10 nitrogen and oxygen atoms in total. The van der Waals surface area contributed by atoms with E-state index >= 15 is 0 Å². The first kappa shape index (κ1) is 23.5. The lowest BCUT2D eigenvalue weighted by molar-refractivity contribution is 0.101. The first-order valence-corrected chi connectivity index (χ1v) is 13.0. The first-order chi connectivity index (χ1) is 18.0. The van der Waals surface area contributed by atoms with Crippen molar-refractivity contribution in [3.05, 3.63) is 64.7 Å². The number of Topliss-reactive ketones (excluding diaryl/α,β-unsaturated/α-hetero) is 1. The van der Waals surface area contributed by atoms with Crippen molar-refractivity contribution in [2.24, 2.45) is 7.05 Å². The molecule has 3 aromatic heterocycles. The maximum Gasteiger partial charge on any atom is 0.336 e. The minimum absolute atomic E-state index is 0.0796. The Balaban J connectivity index is 1.31. The number of carbonyl (C=O) groups is 1. The fourth-order valence-corrected chi connectivity index (χ4v) is 5.50. The molecule has 1 aromatic carbocycles. The van der Waals surface area contributed by atoms with Gasteiger partial charge in [-0.2, -0.15) is 5.10 Å². The van der Waals surface area contributed by atoms with Crippen LogP contribution in [-0.2, 0) is 7.05 Å². The lowest BCUT2D eigenvalue weighted by Gasteiger charge is -2.36. The lowest BCUT2D eigenvalue weighted by Crippen LogP contribution is -2.46. The lowest BCUT2D eigenvalue weighted by atomic mass is 10.1. The van der Waals surface area contributed by atoms with E-state index < -0.39 is 0 Å². The number of imidazole rings is 1. The highest BCUT2D eigenvalue weighted by Crippen LogP contribution is 2.27. The van der Waals surface area contributed by atoms with E-state index in [1.54, 1.807) is 16.2 Å². The van der Waals surface area contributed by atoms with Crippen molar-refractivity contribution in [1.29, 1.82) is 0 Å². The van der Waals surface area contributed by atoms with Crippen LogP contribution in [0.2, 0.25) is 0 Å². The third kappa shape index (κ3) is 4.31. The topological polar surface area (TPSA) is 93.2 Å². The second-order valence-electron chi connectivity index (χ2n) is 9.91. The van der Waals surface area contributed by atoms with Gasteiger partial charge in [0.2, 0.25) is 0 Å². The highest BCUT2D eigenvalue weighted by molar-refractivity contribution is 5.94. The number of nitrogens with one attached hydrogen (secondary N) is 1. The maximum absolute atomic E-state index is 13.7. The molecule has 0 unspecified atom stereocenters. The van der Waals surface area contributed by atoms with Crippen molar-refractivity contribution in [2.45, 2.75) is 25.8 Å². The molecule has 37 heavy (non-hydrogen) atoms. The molecule has 2 saturated heterocycles. The highest BCUT2D eigenvalue weighted by atomic mass is 16.2. The molecule has 0 saturated carbocycles. The molecule has 2 fully saturated rings. The van der Waals surface area contributed by atoms with Crippen LogP contribution in [0.4, 0.5) is 11.5 Å². The smallest absolute Gasteiger partial charge is 0.336 e. The molecule has 4 aromatic rings. The van der Waals surface area contributed by atoms with Crippen LogP contribution in [0.3, 0.4) is 0 Å². The Morgan fingerprint density at radius 2 is 1.62 bits per heavy atom. The number of anilines is 2. The summed E-state index contributed by atoms with van der Waals surface area (Å²) in [6.07, 6.45) is 3.65. The number of piperazine rings is 1. The Kier molecular flexibility index (Phi) is 6.03. The molecule has 6 rings (SSSR count). The van der Waals surface area contributed by atoms with E-state index in [2.05, 4.69) is 20.2 Å². The number of aryl methyl sites for hydroxylation is 1. The third-order valence-corrected chi connectivity index (χ3v) is 7.55. The minimum Gasteiger partial charge on any atom is -0.368 e. The van der Waals surface area contributed by atoms with E-state index in [1.165, 1.54) is 0 Å². The SMILES string of the molecule is CC(=O)c1ccc(N2CCN(c3ccc4c(n3)n(C3CCNCC3)c(=O)n4-c3ccn(C)n3)CC2)cc1. The van der Waals surface area contributed by atoms with E-state index in [1.807, 2.05) is 60.3 Å². The number of nitrogens with zero attached hydrogens (tertiary/aromatic N) is 7. The van der Waals surface area contributed by atoms with Crippen LogP contribution in [0.25, 0.3) is 17.0 Å².